The number of nitrogens with zero attached hydrogens (tertiary/aromatic N) is 2. The zero-order valence-electron chi connectivity index (χ0n) is 19.9. The highest BCUT2D eigenvalue weighted by Crippen LogP contribution is 2.34. The predicted octanol–water partition coefficient (Wildman–Crippen LogP) is 7.12. The Morgan fingerprint density at radius 3 is 1.35 bits per heavy atom. The van der Waals surface area contributed by atoms with Crippen LogP contribution in [0.4, 0.5) is 11.4 Å². The summed E-state index contributed by atoms with van der Waals surface area (Å²) in [4.78, 5) is 4.30. The normalized spacial score (nSPS) is 11.0. The van der Waals surface area contributed by atoms with Crippen molar-refractivity contribution in [3.05, 3.63) is 95.1 Å². The van der Waals surface area contributed by atoms with Crippen LogP contribution < -0.4 is 9.80 Å². The molecule has 0 aromatic heterocycles. The lowest BCUT2D eigenvalue weighted by atomic mass is 9.84. The van der Waals surface area contributed by atoms with Crippen LogP contribution in [0.15, 0.2) is 72.8 Å². The Morgan fingerprint density at radius 1 is 0.548 bits per heavy atom. The zero-order chi connectivity index (χ0) is 22.2. The molecule has 3 rings (SSSR count). The second-order valence-corrected chi connectivity index (χ2v) is 8.96. The Hall–Kier alpha value is -2.74. The van der Waals surface area contributed by atoms with Gasteiger partial charge in [0.05, 0.1) is 0 Å². The first-order chi connectivity index (χ1) is 15.0. The lowest BCUT2D eigenvalue weighted by Gasteiger charge is -2.22. The summed E-state index contributed by atoms with van der Waals surface area (Å²) in [6.45, 7) is 2.27. The molecule has 0 aliphatic rings. The third kappa shape index (κ3) is 6.13. The molecule has 0 heterocycles. The van der Waals surface area contributed by atoms with Crippen LogP contribution in [0.2, 0.25) is 0 Å². The van der Waals surface area contributed by atoms with Crippen molar-refractivity contribution in [3.63, 3.8) is 0 Å². The Labute approximate surface area is 189 Å². The van der Waals surface area contributed by atoms with Crippen molar-refractivity contribution in [1.82, 2.24) is 0 Å². The van der Waals surface area contributed by atoms with E-state index in [1.807, 2.05) is 0 Å². The summed E-state index contributed by atoms with van der Waals surface area (Å²) in [5, 5.41) is 0. The van der Waals surface area contributed by atoms with E-state index in [9.17, 15) is 0 Å². The molecule has 0 radical (unpaired) electrons. The monoisotopic (exact) mass is 414 g/mol. The summed E-state index contributed by atoms with van der Waals surface area (Å²) in [7, 11) is 8.36. The van der Waals surface area contributed by atoms with Gasteiger partial charge < -0.3 is 9.80 Å². The molecule has 0 amide bonds. The van der Waals surface area contributed by atoms with Crippen molar-refractivity contribution < 1.29 is 0 Å². The molecule has 3 aromatic rings. The maximum atomic E-state index is 2.33. The van der Waals surface area contributed by atoms with Gasteiger partial charge in [-0.05, 0) is 59.4 Å². The molecule has 0 fully saturated rings. The maximum Gasteiger partial charge on any atom is 0.0361 e. The molecule has 0 bridgehead atoms. The minimum absolute atomic E-state index is 0.238. The molecular formula is C29H38N2. The topological polar surface area (TPSA) is 6.48 Å². The molecule has 0 atom stereocenters. The number of rotatable bonds is 10. The van der Waals surface area contributed by atoms with E-state index in [1.54, 1.807) is 0 Å². The van der Waals surface area contributed by atoms with Crippen LogP contribution in [0.5, 0.6) is 0 Å². The maximum absolute atomic E-state index is 2.33. The molecule has 0 aliphatic heterocycles. The van der Waals surface area contributed by atoms with E-state index in [4.69, 9.17) is 0 Å². The van der Waals surface area contributed by atoms with Crippen LogP contribution in [-0.4, -0.2) is 28.2 Å². The standard InChI is InChI=1S/C29H38N2/c1-6-7-8-9-10-23-11-13-24(14-12-23)29(25-15-19-27(20-16-25)30(2)3)26-17-21-28(22-18-26)31(4)5/h11-22,29H,6-10H2,1-5H3. The fourth-order valence-corrected chi connectivity index (χ4v) is 4.14. The van der Waals surface area contributed by atoms with Gasteiger partial charge in [-0.15, -0.1) is 0 Å². The first-order valence-corrected chi connectivity index (χ1v) is 11.6. The minimum Gasteiger partial charge on any atom is -0.378 e. The van der Waals surface area contributed by atoms with Crippen LogP contribution in [0.25, 0.3) is 0 Å². The second-order valence-electron chi connectivity index (χ2n) is 8.96. The number of aryl methyl sites for hydroxylation is 1. The summed E-state index contributed by atoms with van der Waals surface area (Å²) in [6, 6.07) is 27.3. The Kier molecular flexibility index (Phi) is 8.17. The molecule has 2 nitrogen and oxygen atoms in total. The van der Waals surface area contributed by atoms with E-state index in [2.05, 4.69) is 118 Å². The summed E-state index contributed by atoms with van der Waals surface area (Å²) in [5.74, 6) is 0.238. The smallest absolute Gasteiger partial charge is 0.0361 e. The van der Waals surface area contributed by atoms with Gasteiger partial charge in [-0.1, -0.05) is 74.7 Å². The average molecular weight is 415 g/mol. The molecule has 0 aliphatic carbocycles. The van der Waals surface area contributed by atoms with Gasteiger partial charge in [0.2, 0.25) is 0 Å². The Morgan fingerprint density at radius 2 is 0.968 bits per heavy atom. The molecule has 31 heavy (non-hydrogen) atoms. The van der Waals surface area contributed by atoms with Crippen LogP contribution in [-0.2, 0) is 6.42 Å². The molecule has 3 aromatic carbocycles. The van der Waals surface area contributed by atoms with Gasteiger partial charge in [0.1, 0.15) is 0 Å². The summed E-state index contributed by atoms with van der Waals surface area (Å²) >= 11 is 0. The summed E-state index contributed by atoms with van der Waals surface area (Å²) < 4.78 is 0. The molecule has 164 valence electrons. The summed E-state index contributed by atoms with van der Waals surface area (Å²) in [5.41, 5.74) is 7.93. The number of hydrogen-bond donors (Lipinski definition) is 0. The fourth-order valence-electron chi connectivity index (χ4n) is 4.14. The number of unbranched alkanes of at least 4 members (excludes halogenated alkanes) is 3. The highest BCUT2D eigenvalue weighted by Gasteiger charge is 2.17. The van der Waals surface area contributed by atoms with Gasteiger partial charge in [0.15, 0.2) is 0 Å². The largest absolute Gasteiger partial charge is 0.378 e. The number of hydrogen-bond acceptors (Lipinski definition) is 2. The van der Waals surface area contributed by atoms with Crippen LogP contribution >= 0.6 is 0 Å². The van der Waals surface area contributed by atoms with Crippen molar-refractivity contribution >= 4 is 11.4 Å². The molecule has 0 spiro atoms. The molecule has 0 unspecified atom stereocenters. The third-order valence-corrected chi connectivity index (χ3v) is 6.12. The molecule has 0 N–H and O–H groups in total. The van der Waals surface area contributed by atoms with Crippen LogP contribution in [0, 0.1) is 0 Å². The third-order valence-electron chi connectivity index (χ3n) is 6.12. The van der Waals surface area contributed by atoms with Gasteiger partial charge in [-0.25, -0.2) is 0 Å². The van der Waals surface area contributed by atoms with Gasteiger partial charge in [-0.3, -0.25) is 0 Å². The Balaban J connectivity index is 1.90. The van der Waals surface area contributed by atoms with Crippen LogP contribution in [0.1, 0.15) is 60.8 Å². The fraction of sp³-hybridized carbons (Fsp3) is 0.379. The summed E-state index contributed by atoms with van der Waals surface area (Å²) in [6.07, 6.45) is 6.43. The average Bonchev–Trinajstić information content (AvgIpc) is 2.78. The Bertz CT molecular complexity index is 855. The van der Waals surface area contributed by atoms with Gasteiger partial charge >= 0.3 is 0 Å². The van der Waals surface area contributed by atoms with E-state index in [-0.39, 0.29) is 5.92 Å². The molecule has 0 saturated carbocycles. The van der Waals surface area contributed by atoms with Crippen molar-refractivity contribution in [2.75, 3.05) is 38.0 Å². The quantitative estimate of drug-likeness (QED) is 0.257. The lowest BCUT2D eigenvalue weighted by molar-refractivity contribution is 0.667. The minimum atomic E-state index is 0.238. The highest BCUT2D eigenvalue weighted by molar-refractivity contribution is 5.53. The molecular weight excluding hydrogens is 376 g/mol. The van der Waals surface area contributed by atoms with Crippen molar-refractivity contribution in [2.45, 2.75) is 44.9 Å². The lowest BCUT2D eigenvalue weighted by Crippen LogP contribution is -2.10. The van der Waals surface area contributed by atoms with E-state index < -0.39 is 0 Å². The van der Waals surface area contributed by atoms with E-state index in [1.165, 1.54) is 65.7 Å². The number of benzene rings is 3. The number of anilines is 2. The molecule has 0 saturated heterocycles. The predicted molar refractivity (Wildman–Crippen MR) is 137 cm³/mol. The van der Waals surface area contributed by atoms with Gasteiger partial charge in [-0.2, -0.15) is 0 Å². The second kappa shape index (κ2) is 11.0. The van der Waals surface area contributed by atoms with Gasteiger partial charge in [0, 0.05) is 45.5 Å². The first kappa shape index (κ1) is 22.9. The van der Waals surface area contributed by atoms with Crippen molar-refractivity contribution in [3.8, 4) is 0 Å². The SMILES string of the molecule is CCCCCCc1ccc(C(c2ccc(N(C)C)cc2)c2ccc(N(C)C)cc2)cc1. The molecule has 2 heteroatoms. The van der Waals surface area contributed by atoms with Crippen LogP contribution in [0.3, 0.4) is 0 Å². The van der Waals surface area contributed by atoms with E-state index in [0.29, 0.717) is 0 Å². The highest BCUT2D eigenvalue weighted by atomic mass is 15.1. The zero-order valence-corrected chi connectivity index (χ0v) is 19.9. The van der Waals surface area contributed by atoms with Crippen molar-refractivity contribution in [2.24, 2.45) is 0 Å². The first-order valence-electron chi connectivity index (χ1n) is 11.6. The van der Waals surface area contributed by atoms with E-state index in [0.717, 1.165) is 0 Å². The van der Waals surface area contributed by atoms with Gasteiger partial charge in [0.25, 0.3) is 0 Å². The van der Waals surface area contributed by atoms with E-state index >= 15 is 0 Å². The van der Waals surface area contributed by atoms with Crippen molar-refractivity contribution in [1.29, 1.82) is 0 Å².